The summed E-state index contributed by atoms with van der Waals surface area (Å²) in [5.41, 5.74) is 0.171. The number of nitrogens with one attached hydrogen (secondary N) is 1. The molecule has 0 spiro atoms. The van der Waals surface area contributed by atoms with Gasteiger partial charge in [0.25, 0.3) is 5.56 Å². The quantitative estimate of drug-likeness (QED) is 0.872. The second-order valence-corrected chi connectivity index (χ2v) is 6.20. The fourth-order valence-corrected chi connectivity index (χ4v) is 3.25. The van der Waals surface area contributed by atoms with E-state index >= 15 is 0 Å². The van der Waals surface area contributed by atoms with Crippen molar-refractivity contribution in [3.8, 4) is 12.3 Å². The zero-order chi connectivity index (χ0) is 14.7. The molecule has 1 aliphatic rings. The first kappa shape index (κ1) is 14.9. The highest BCUT2D eigenvalue weighted by Gasteiger charge is 2.25. The maximum atomic E-state index is 12.3. The predicted octanol–water partition coefficient (Wildman–Crippen LogP) is 2.77. The highest BCUT2D eigenvalue weighted by atomic mass is 35.5. The van der Waals surface area contributed by atoms with Crippen molar-refractivity contribution in [2.75, 3.05) is 5.32 Å². The maximum absolute atomic E-state index is 12.3. The van der Waals surface area contributed by atoms with Crippen LogP contribution in [-0.2, 0) is 6.54 Å². The largest absolute Gasteiger partial charge is 0.377 e. The molecule has 1 aliphatic carbocycles. The molecule has 2 rings (SSSR count). The molecule has 0 bridgehead atoms. The lowest BCUT2D eigenvalue weighted by molar-refractivity contribution is 0.280. The van der Waals surface area contributed by atoms with E-state index in [0.717, 1.165) is 12.8 Å². The van der Waals surface area contributed by atoms with Gasteiger partial charge in [0, 0.05) is 6.04 Å². The lowest BCUT2D eigenvalue weighted by Crippen LogP contribution is -2.34. The van der Waals surface area contributed by atoms with Crippen LogP contribution in [0, 0.1) is 24.2 Å². The lowest BCUT2D eigenvalue weighted by atomic mass is 9.80. The highest BCUT2D eigenvalue weighted by Crippen LogP contribution is 2.30. The zero-order valence-electron chi connectivity index (χ0n) is 11.9. The summed E-state index contributed by atoms with van der Waals surface area (Å²) in [5, 5.41) is 7.60. The molecule has 0 aromatic carbocycles. The standard InChI is InChI=1S/C15H20ClN3O/c1-4-5-19-15(20)14(13(16)9-17-19)18-12-7-10(2)6-11(3)8-12/h1,9-12,18H,5-8H2,2-3H3. The average molecular weight is 294 g/mol. The molecule has 1 aromatic heterocycles. The normalized spacial score (nSPS) is 26.0. The molecular weight excluding hydrogens is 274 g/mol. The molecule has 108 valence electrons. The minimum atomic E-state index is -0.249. The predicted molar refractivity (Wildman–Crippen MR) is 81.9 cm³/mol. The van der Waals surface area contributed by atoms with Gasteiger partial charge in [-0.15, -0.1) is 6.42 Å². The van der Waals surface area contributed by atoms with Crippen molar-refractivity contribution in [2.45, 2.75) is 45.7 Å². The van der Waals surface area contributed by atoms with Crippen LogP contribution >= 0.6 is 11.6 Å². The van der Waals surface area contributed by atoms with E-state index in [9.17, 15) is 4.79 Å². The number of hydrogen-bond acceptors (Lipinski definition) is 3. The SMILES string of the molecule is C#CCn1ncc(Cl)c(NC2CC(C)CC(C)C2)c1=O. The smallest absolute Gasteiger partial charge is 0.292 e. The number of aromatic nitrogens is 2. The monoisotopic (exact) mass is 293 g/mol. The number of nitrogens with zero attached hydrogens (tertiary/aromatic N) is 2. The Balaban J connectivity index is 2.22. The Morgan fingerprint density at radius 3 is 2.70 bits per heavy atom. The summed E-state index contributed by atoms with van der Waals surface area (Å²) in [5.74, 6) is 3.73. The molecule has 20 heavy (non-hydrogen) atoms. The molecule has 0 radical (unpaired) electrons. The van der Waals surface area contributed by atoms with Gasteiger partial charge in [-0.3, -0.25) is 4.79 Å². The average Bonchev–Trinajstić information content (AvgIpc) is 2.37. The van der Waals surface area contributed by atoms with Crippen molar-refractivity contribution in [3.63, 3.8) is 0 Å². The minimum absolute atomic E-state index is 0.155. The molecule has 1 heterocycles. The molecule has 5 heteroatoms. The Morgan fingerprint density at radius 2 is 2.10 bits per heavy atom. The molecule has 4 nitrogen and oxygen atoms in total. The molecule has 2 atom stereocenters. The van der Waals surface area contributed by atoms with Gasteiger partial charge >= 0.3 is 0 Å². The second-order valence-electron chi connectivity index (χ2n) is 5.79. The highest BCUT2D eigenvalue weighted by molar-refractivity contribution is 6.33. The van der Waals surface area contributed by atoms with E-state index < -0.39 is 0 Å². The molecular formula is C15H20ClN3O. The Labute approximate surface area is 124 Å². The third-order valence-electron chi connectivity index (χ3n) is 3.77. The Kier molecular flexibility index (Phi) is 4.72. The molecule has 1 fully saturated rings. The first-order valence-corrected chi connectivity index (χ1v) is 7.34. The lowest BCUT2D eigenvalue weighted by Gasteiger charge is -2.32. The summed E-state index contributed by atoms with van der Waals surface area (Å²) in [7, 11) is 0. The summed E-state index contributed by atoms with van der Waals surface area (Å²) in [6, 6.07) is 0.278. The van der Waals surface area contributed by atoms with Crippen LogP contribution in [0.5, 0.6) is 0 Å². The number of halogens is 1. The van der Waals surface area contributed by atoms with Gasteiger partial charge in [-0.25, -0.2) is 4.68 Å². The topological polar surface area (TPSA) is 46.9 Å². The van der Waals surface area contributed by atoms with Gasteiger partial charge in [0.1, 0.15) is 12.2 Å². The Bertz CT molecular complexity index is 565. The maximum Gasteiger partial charge on any atom is 0.292 e. The molecule has 1 saturated carbocycles. The molecule has 0 amide bonds. The first-order valence-electron chi connectivity index (χ1n) is 6.96. The van der Waals surface area contributed by atoms with Gasteiger partial charge in [-0.1, -0.05) is 31.4 Å². The van der Waals surface area contributed by atoms with E-state index in [1.807, 2.05) is 0 Å². The fourth-order valence-electron chi connectivity index (χ4n) is 3.07. The van der Waals surface area contributed by atoms with Gasteiger partial charge in [0.15, 0.2) is 0 Å². The van der Waals surface area contributed by atoms with Crippen molar-refractivity contribution in [1.29, 1.82) is 0 Å². The summed E-state index contributed by atoms with van der Waals surface area (Å²) in [4.78, 5) is 12.3. The van der Waals surface area contributed by atoms with Crippen molar-refractivity contribution in [3.05, 3.63) is 21.6 Å². The van der Waals surface area contributed by atoms with E-state index in [1.54, 1.807) is 0 Å². The van der Waals surface area contributed by atoms with Crippen LogP contribution < -0.4 is 10.9 Å². The van der Waals surface area contributed by atoms with Gasteiger partial charge in [0.2, 0.25) is 0 Å². The number of terminal acetylenes is 1. The van der Waals surface area contributed by atoms with Gasteiger partial charge in [-0.05, 0) is 31.1 Å². The van der Waals surface area contributed by atoms with E-state index in [4.69, 9.17) is 18.0 Å². The summed E-state index contributed by atoms with van der Waals surface area (Å²) < 4.78 is 1.25. The Hall–Kier alpha value is -1.47. The van der Waals surface area contributed by atoms with Crippen molar-refractivity contribution >= 4 is 17.3 Å². The number of rotatable bonds is 3. The van der Waals surface area contributed by atoms with Gasteiger partial charge in [-0.2, -0.15) is 5.10 Å². The van der Waals surface area contributed by atoms with E-state index in [2.05, 4.69) is 30.2 Å². The third kappa shape index (κ3) is 3.34. The second kappa shape index (κ2) is 6.32. The fraction of sp³-hybridized carbons (Fsp3) is 0.600. The van der Waals surface area contributed by atoms with Crippen LogP contribution in [0.4, 0.5) is 5.69 Å². The van der Waals surface area contributed by atoms with Crippen LogP contribution in [0.25, 0.3) is 0 Å². The van der Waals surface area contributed by atoms with Crippen LogP contribution in [0.2, 0.25) is 5.02 Å². The molecule has 1 aromatic rings. The van der Waals surface area contributed by atoms with Crippen LogP contribution in [0.1, 0.15) is 33.1 Å². The molecule has 0 aliphatic heterocycles. The molecule has 0 saturated heterocycles. The van der Waals surface area contributed by atoms with Crippen molar-refractivity contribution < 1.29 is 0 Å². The van der Waals surface area contributed by atoms with E-state index in [1.165, 1.54) is 17.3 Å². The van der Waals surface area contributed by atoms with Gasteiger partial charge in [0.05, 0.1) is 11.2 Å². The summed E-state index contributed by atoms with van der Waals surface area (Å²) in [6.07, 6.45) is 10.1. The first-order chi connectivity index (χ1) is 9.51. The zero-order valence-corrected chi connectivity index (χ0v) is 12.7. The van der Waals surface area contributed by atoms with Crippen LogP contribution in [0.3, 0.4) is 0 Å². The third-order valence-corrected chi connectivity index (χ3v) is 4.05. The van der Waals surface area contributed by atoms with Crippen LogP contribution in [-0.4, -0.2) is 15.8 Å². The van der Waals surface area contributed by atoms with Crippen LogP contribution in [0.15, 0.2) is 11.0 Å². The summed E-state index contributed by atoms with van der Waals surface area (Å²) in [6.45, 7) is 4.65. The number of hydrogen-bond donors (Lipinski definition) is 1. The van der Waals surface area contributed by atoms with E-state index in [0.29, 0.717) is 22.5 Å². The molecule has 1 N–H and O–H groups in total. The molecule has 2 unspecified atom stereocenters. The number of anilines is 1. The van der Waals surface area contributed by atoms with Gasteiger partial charge < -0.3 is 5.32 Å². The van der Waals surface area contributed by atoms with Crippen molar-refractivity contribution in [2.24, 2.45) is 11.8 Å². The summed E-state index contributed by atoms with van der Waals surface area (Å²) >= 11 is 6.10. The minimum Gasteiger partial charge on any atom is -0.377 e. The van der Waals surface area contributed by atoms with E-state index in [-0.39, 0.29) is 18.1 Å². The van der Waals surface area contributed by atoms with Crippen molar-refractivity contribution in [1.82, 2.24) is 9.78 Å². The Morgan fingerprint density at radius 1 is 1.45 bits per heavy atom.